The van der Waals surface area contributed by atoms with E-state index in [2.05, 4.69) is 10.1 Å². The second-order valence-electron chi connectivity index (χ2n) is 3.08. The first-order valence-electron chi connectivity index (χ1n) is 4.52. The van der Waals surface area contributed by atoms with E-state index >= 15 is 0 Å². The van der Waals surface area contributed by atoms with Crippen LogP contribution in [0.2, 0.25) is 0 Å². The van der Waals surface area contributed by atoms with Crippen LogP contribution in [0.25, 0.3) is 0 Å². The van der Waals surface area contributed by atoms with Crippen LogP contribution >= 0.6 is 0 Å². The minimum absolute atomic E-state index is 0.320. The first-order chi connectivity index (χ1) is 7.17. The number of hydrogen-bond acceptors (Lipinski definition) is 4. The predicted octanol–water partition coefficient (Wildman–Crippen LogP) is 1.53. The van der Waals surface area contributed by atoms with Crippen molar-refractivity contribution in [2.24, 2.45) is 0 Å². The molecule has 15 heavy (non-hydrogen) atoms. The van der Waals surface area contributed by atoms with Gasteiger partial charge in [0, 0.05) is 5.69 Å². The van der Waals surface area contributed by atoms with Crippen molar-refractivity contribution in [3.05, 3.63) is 29.8 Å². The second kappa shape index (κ2) is 5.01. The molecule has 0 heterocycles. The van der Waals surface area contributed by atoms with Gasteiger partial charge in [0.1, 0.15) is 6.04 Å². The van der Waals surface area contributed by atoms with Gasteiger partial charge >= 0.3 is 5.97 Å². The van der Waals surface area contributed by atoms with Gasteiger partial charge in [-0.05, 0) is 31.2 Å². The Hall–Kier alpha value is -2.02. The first kappa shape index (κ1) is 11.1. The van der Waals surface area contributed by atoms with E-state index < -0.39 is 6.04 Å². The fourth-order valence-electron chi connectivity index (χ4n) is 1.13. The number of benzene rings is 1. The number of hydrogen-bond donors (Lipinski definition) is 1. The summed E-state index contributed by atoms with van der Waals surface area (Å²) < 4.78 is 4.58. The van der Waals surface area contributed by atoms with E-state index in [0.29, 0.717) is 5.56 Å². The molecule has 0 saturated heterocycles. The molecule has 0 fully saturated rings. The number of methoxy groups -OCH3 is 1. The molecule has 0 saturated carbocycles. The average Bonchev–Trinajstić information content (AvgIpc) is 2.29. The van der Waals surface area contributed by atoms with Gasteiger partial charge in [-0.2, -0.15) is 5.26 Å². The molecular weight excluding hydrogens is 192 g/mol. The number of carbonyl (C=O) groups excluding carboxylic acids is 1. The highest BCUT2D eigenvalue weighted by atomic mass is 16.5. The molecule has 4 heteroatoms. The van der Waals surface area contributed by atoms with E-state index in [0.717, 1.165) is 5.69 Å². The molecule has 0 aliphatic rings. The van der Waals surface area contributed by atoms with Crippen LogP contribution in [0.15, 0.2) is 24.3 Å². The first-order valence-corrected chi connectivity index (χ1v) is 4.52. The molecule has 1 rings (SSSR count). The summed E-state index contributed by atoms with van der Waals surface area (Å²) in [4.78, 5) is 11.1. The Kier molecular flexibility index (Phi) is 3.69. The van der Waals surface area contributed by atoms with Gasteiger partial charge in [0.15, 0.2) is 0 Å². The summed E-state index contributed by atoms with van der Waals surface area (Å²) in [6, 6.07) is 8.49. The fraction of sp³-hybridized carbons (Fsp3) is 0.273. The number of anilines is 1. The number of nitrogens with zero attached hydrogens (tertiary/aromatic N) is 1. The summed E-state index contributed by atoms with van der Waals surface area (Å²) in [5.74, 6) is -0.320. The van der Waals surface area contributed by atoms with E-state index in [1.807, 2.05) is 6.07 Å². The largest absolute Gasteiger partial charge is 0.467 e. The maximum absolute atomic E-state index is 11.1. The lowest BCUT2D eigenvalue weighted by Crippen LogP contribution is -2.27. The van der Waals surface area contributed by atoms with E-state index in [9.17, 15) is 4.79 Å². The van der Waals surface area contributed by atoms with Gasteiger partial charge in [0.25, 0.3) is 0 Å². The van der Waals surface area contributed by atoms with Crippen molar-refractivity contribution in [1.29, 1.82) is 5.26 Å². The third kappa shape index (κ3) is 2.99. The van der Waals surface area contributed by atoms with Crippen molar-refractivity contribution >= 4 is 11.7 Å². The number of ether oxygens (including phenoxy) is 1. The number of carbonyl (C=O) groups is 1. The van der Waals surface area contributed by atoms with Gasteiger partial charge in [-0.1, -0.05) is 0 Å². The average molecular weight is 204 g/mol. The Balaban J connectivity index is 2.66. The lowest BCUT2D eigenvalue weighted by atomic mass is 10.2. The Morgan fingerprint density at radius 2 is 2.07 bits per heavy atom. The normalized spacial score (nSPS) is 11.3. The Bertz CT molecular complexity index is 379. The van der Waals surface area contributed by atoms with Crippen LogP contribution in [0.4, 0.5) is 5.69 Å². The Labute approximate surface area is 88.5 Å². The lowest BCUT2D eigenvalue weighted by molar-refractivity contribution is -0.141. The third-order valence-electron chi connectivity index (χ3n) is 1.95. The van der Waals surface area contributed by atoms with Crippen LogP contribution in [0.5, 0.6) is 0 Å². The Morgan fingerprint density at radius 1 is 1.47 bits per heavy atom. The van der Waals surface area contributed by atoms with Crippen LogP contribution in [0, 0.1) is 11.3 Å². The molecule has 0 unspecified atom stereocenters. The molecule has 1 aromatic carbocycles. The summed E-state index contributed by atoms with van der Waals surface area (Å²) in [5, 5.41) is 11.6. The fourth-order valence-corrected chi connectivity index (χ4v) is 1.13. The van der Waals surface area contributed by atoms with Gasteiger partial charge in [0.05, 0.1) is 18.7 Å². The zero-order valence-corrected chi connectivity index (χ0v) is 8.65. The van der Waals surface area contributed by atoms with E-state index in [1.54, 1.807) is 31.2 Å². The van der Waals surface area contributed by atoms with Gasteiger partial charge in [0.2, 0.25) is 0 Å². The third-order valence-corrected chi connectivity index (χ3v) is 1.95. The van der Waals surface area contributed by atoms with E-state index in [1.165, 1.54) is 7.11 Å². The van der Waals surface area contributed by atoms with Crippen LogP contribution in [-0.2, 0) is 9.53 Å². The monoisotopic (exact) mass is 204 g/mol. The zero-order chi connectivity index (χ0) is 11.3. The molecule has 1 atom stereocenters. The van der Waals surface area contributed by atoms with Crippen molar-refractivity contribution in [2.45, 2.75) is 13.0 Å². The van der Waals surface area contributed by atoms with Crippen molar-refractivity contribution in [1.82, 2.24) is 0 Å². The van der Waals surface area contributed by atoms with Crippen molar-refractivity contribution in [3.8, 4) is 6.07 Å². The van der Waals surface area contributed by atoms with Crippen LogP contribution in [0.3, 0.4) is 0 Å². The van der Waals surface area contributed by atoms with Crippen molar-refractivity contribution < 1.29 is 9.53 Å². The summed E-state index contributed by atoms with van der Waals surface area (Å²) >= 11 is 0. The molecule has 1 aromatic rings. The number of rotatable bonds is 3. The molecule has 78 valence electrons. The van der Waals surface area contributed by atoms with Gasteiger partial charge in [-0.15, -0.1) is 0 Å². The summed E-state index contributed by atoms with van der Waals surface area (Å²) in [6.07, 6.45) is 0. The van der Waals surface area contributed by atoms with Gasteiger partial charge < -0.3 is 10.1 Å². The standard InChI is InChI=1S/C11H12N2O2/c1-8(11(14)15-2)13-10-5-3-9(7-12)4-6-10/h3-6,8,13H,1-2H3/t8-/m1/s1. The lowest BCUT2D eigenvalue weighted by Gasteiger charge is -2.12. The maximum Gasteiger partial charge on any atom is 0.327 e. The minimum atomic E-state index is -0.400. The molecule has 0 amide bonds. The van der Waals surface area contributed by atoms with Gasteiger partial charge in [-0.25, -0.2) is 4.79 Å². The quantitative estimate of drug-likeness (QED) is 0.758. The molecule has 4 nitrogen and oxygen atoms in total. The highest BCUT2D eigenvalue weighted by Crippen LogP contribution is 2.10. The van der Waals surface area contributed by atoms with Crippen molar-refractivity contribution in [3.63, 3.8) is 0 Å². The molecule has 1 N–H and O–H groups in total. The predicted molar refractivity (Wildman–Crippen MR) is 56.3 cm³/mol. The SMILES string of the molecule is COC(=O)[C@@H](C)Nc1ccc(C#N)cc1. The number of nitrogens with one attached hydrogen (secondary N) is 1. The molecular formula is C11H12N2O2. The summed E-state index contributed by atoms with van der Waals surface area (Å²) in [6.45, 7) is 1.71. The van der Waals surface area contributed by atoms with Gasteiger partial charge in [-0.3, -0.25) is 0 Å². The number of nitriles is 1. The highest BCUT2D eigenvalue weighted by Gasteiger charge is 2.11. The van der Waals surface area contributed by atoms with E-state index in [-0.39, 0.29) is 5.97 Å². The summed E-state index contributed by atoms with van der Waals surface area (Å²) in [7, 11) is 1.35. The molecule has 0 aliphatic carbocycles. The zero-order valence-electron chi connectivity index (χ0n) is 8.65. The second-order valence-corrected chi connectivity index (χ2v) is 3.08. The molecule has 0 aromatic heterocycles. The van der Waals surface area contributed by atoms with Crippen LogP contribution < -0.4 is 5.32 Å². The molecule has 0 bridgehead atoms. The molecule has 0 radical (unpaired) electrons. The van der Waals surface area contributed by atoms with Crippen LogP contribution in [0.1, 0.15) is 12.5 Å². The van der Waals surface area contributed by atoms with Crippen LogP contribution in [-0.4, -0.2) is 19.1 Å². The smallest absolute Gasteiger partial charge is 0.327 e. The summed E-state index contributed by atoms with van der Waals surface area (Å²) in [5.41, 5.74) is 1.37. The van der Waals surface area contributed by atoms with Crippen molar-refractivity contribution in [2.75, 3.05) is 12.4 Å². The molecule has 0 spiro atoms. The minimum Gasteiger partial charge on any atom is -0.467 e. The van der Waals surface area contributed by atoms with E-state index in [4.69, 9.17) is 5.26 Å². The topological polar surface area (TPSA) is 62.1 Å². The Morgan fingerprint density at radius 3 is 2.53 bits per heavy atom. The maximum atomic E-state index is 11.1. The number of esters is 1. The molecule has 0 aliphatic heterocycles. The highest BCUT2D eigenvalue weighted by molar-refractivity contribution is 5.78.